The van der Waals surface area contributed by atoms with Gasteiger partial charge in [-0.3, -0.25) is 10.1 Å². The fourth-order valence-corrected chi connectivity index (χ4v) is 1.15. The van der Waals surface area contributed by atoms with Crippen LogP contribution in [0.4, 0.5) is 10.5 Å². The zero-order valence-corrected chi connectivity index (χ0v) is 9.17. The highest BCUT2D eigenvalue weighted by atomic mass is 16.5. The number of ether oxygens (including phenoxy) is 1. The summed E-state index contributed by atoms with van der Waals surface area (Å²) in [6.07, 6.45) is 0. The number of carboxylic acid groups (broad SMARTS) is 1. The number of imide groups is 1. The molecule has 0 unspecified atom stereocenters. The lowest BCUT2D eigenvalue weighted by atomic mass is 10.2. The molecule has 0 heterocycles. The predicted octanol–water partition coefficient (Wildman–Crippen LogP) is -0.459. The van der Waals surface area contributed by atoms with Gasteiger partial charge in [-0.25, -0.2) is 9.59 Å². The van der Waals surface area contributed by atoms with Gasteiger partial charge < -0.3 is 21.3 Å². The molecule has 1 aromatic rings. The molecule has 6 N–H and O–H groups in total. The summed E-state index contributed by atoms with van der Waals surface area (Å²) in [5, 5.41) is 10.6. The number of carbonyl (C=O) groups excluding carboxylic acids is 2. The largest absolute Gasteiger partial charge is 0.483 e. The summed E-state index contributed by atoms with van der Waals surface area (Å²) >= 11 is 0. The van der Waals surface area contributed by atoms with Crippen LogP contribution in [0.25, 0.3) is 0 Å². The van der Waals surface area contributed by atoms with Crippen molar-refractivity contribution in [1.82, 2.24) is 5.32 Å². The van der Waals surface area contributed by atoms with E-state index >= 15 is 0 Å². The van der Waals surface area contributed by atoms with Crippen molar-refractivity contribution >= 4 is 23.6 Å². The Bertz CT molecular complexity index is 500. The molecule has 3 amide bonds. The average molecular weight is 253 g/mol. The number of rotatable bonds is 4. The molecule has 0 radical (unpaired) electrons. The molecule has 0 bridgehead atoms. The van der Waals surface area contributed by atoms with Crippen molar-refractivity contribution in [3.05, 3.63) is 23.8 Å². The smallest absolute Gasteiger partial charge is 0.339 e. The Labute approximate surface area is 102 Å². The number of hydrogen-bond acceptors (Lipinski definition) is 5. The number of primary amides is 1. The van der Waals surface area contributed by atoms with Crippen LogP contribution in [-0.2, 0) is 4.79 Å². The minimum atomic E-state index is -1.22. The SMILES string of the molecule is NC(=O)NC(=O)COc1cc(N)ccc1C(=O)O. The van der Waals surface area contributed by atoms with Gasteiger partial charge in [-0.2, -0.15) is 0 Å². The number of urea groups is 1. The van der Waals surface area contributed by atoms with E-state index in [1.54, 1.807) is 5.32 Å². The number of anilines is 1. The lowest BCUT2D eigenvalue weighted by molar-refractivity contribution is -0.121. The normalized spacial score (nSPS) is 9.56. The Kier molecular flexibility index (Phi) is 4.08. The standard InChI is InChI=1S/C10H11N3O5/c11-5-1-2-6(9(15)16)7(3-5)18-4-8(14)13-10(12)17/h1-3H,4,11H2,(H,15,16)(H3,12,13,14,17). The molecule has 0 aliphatic carbocycles. The van der Waals surface area contributed by atoms with Gasteiger partial charge in [0.05, 0.1) is 0 Å². The first-order valence-electron chi connectivity index (χ1n) is 4.75. The highest BCUT2D eigenvalue weighted by Gasteiger charge is 2.13. The minimum absolute atomic E-state index is 0.0675. The van der Waals surface area contributed by atoms with Crippen LogP contribution in [0.5, 0.6) is 5.75 Å². The minimum Gasteiger partial charge on any atom is -0.483 e. The first-order valence-corrected chi connectivity index (χ1v) is 4.75. The van der Waals surface area contributed by atoms with Crippen molar-refractivity contribution in [2.45, 2.75) is 0 Å². The van der Waals surface area contributed by atoms with Crippen LogP contribution in [0, 0.1) is 0 Å². The Balaban J connectivity index is 2.77. The van der Waals surface area contributed by atoms with Gasteiger partial charge in [0.2, 0.25) is 0 Å². The molecule has 0 aromatic heterocycles. The summed E-state index contributed by atoms with van der Waals surface area (Å²) in [6, 6.07) is 2.88. The Morgan fingerprint density at radius 1 is 1.33 bits per heavy atom. The van der Waals surface area contributed by atoms with Crippen LogP contribution in [0.2, 0.25) is 0 Å². The molecule has 0 saturated heterocycles. The maximum Gasteiger partial charge on any atom is 0.339 e. The lowest BCUT2D eigenvalue weighted by Crippen LogP contribution is -2.38. The summed E-state index contributed by atoms with van der Waals surface area (Å²) in [7, 11) is 0. The number of amides is 3. The van der Waals surface area contributed by atoms with Crippen molar-refractivity contribution in [3.8, 4) is 5.75 Å². The third-order valence-corrected chi connectivity index (χ3v) is 1.86. The molecule has 1 rings (SSSR count). The molecule has 0 aliphatic heterocycles. The Morgan fingerprint density at radius 3 is 2.56 bits per heavy atom. The van der Waals surface area contributed by atoms with E-state index in [0.717, 1.165) is 0 Å². The van der Waals surface area contributed by atoms with Gasteiger partial charge in [0, 0.05) is 11.8 Å². The number of nitrogens with two attached hydrogens (primary N) is 2. The topological polar surface area (TPSA) is 145 Å². The quantitative estimate of drug-likeness (QED) is 0.534. The van der Waals surface area contributed by atoms with Crippen LogP contribution in [0.15, 0.2) is 18.2 Å². The second-order valence-electron chi connectivity index (χ2n) is 3.26. The maximum atomic E-state index is 11.1. The molecule has 0 fully saturated rings. The molecular weight excluding hydrogens is 242 g/mol. The van der Waals surface area contributed by atoms with Crippen LogP contribution >= 0.6 is 0 Å². The number of carboxylic acids is 1. The fourth-order valence-electron chi connectivity index (χ4n) is 1.15. The lowest BCUT2D eigenvalue weighted by Gasteiger charge is -2.09. The average Bonchev–Trinajstić information content (AvgIpc) is 2.25. The third kappa shape index (κ3) is 3.67. The van der Waals surface area contributed by atoms with Gasteiger partial charge in [0.15, 0.2) is 6.61 Å². The van der Waals surface area contributed by atoms with Crippen LogP contribution in [-0.4, -0.2) is 29.6 Å². The molecular formula is C10H11N3O5. The van der Waals surface area contributed by atoms with E-state index in [1.165, 1.54) is 18.2 Å². The Hall–Kier alpha value is -2.77. The van der Waals surface area contributed by atoms with Crippen molar-refractivity contribution in [1.29, 1.82) is 0 Å². The van der Waals surface area contributed by atoms with Gasteiger partial charge in [-0.05, 0) is 12.1 Å². The van der Waals surface area contributed by atoms with Gasteiger partial charge in [0.25, 0.3) is 5.91 Å². The molecule has 0 saturated carbocycles. The summed E-state index contributed by atoms with van der Waals surface area (Å²) in [5.74, 6) is -2.08. The zero-order valence-electron chi connectivity index (χ0n) is 9.17. The van der Waals surface area contributed by atoms with Gasteiger partial charge in [0.1, 0.15) is 11.3 Å². The van der Waals surface area contributed by atoms with Crippen molar-refractivity contribution in [3.63, 3.8) is 0 Å². The highest BCUT2D eigenvalue weighted by Crippen LogP contribution is 2.21. The Morgan fingerprint density at radius 2 is 2.00 bits per heavy atom. The van der Waals surface area contributed by atoms with Crippen LogP contribution < -0.4 is 21.5 Å². The second kappa shape index (κ2) is 5.53. The number of aromatic carboxylic acids is 1. The fraction of sp³-hybridized carbons (Fsp3) is 0.100. The number of benzene rings is 1. The predicted molar refractivity (Wildman–Crippen MR) is 61.0 cm³/mol. The number of nitrogen functional groups attached to an aromatic ring is 1. The number of nitrogens with one attached hydrogen (secondary N) is 1. The van der Waals surface area contributed by atoms with E-state index in [0.29, 0.717) is 0 Å². The van der Waals surface area contributed by atoms with Crippen molar-refractivity contribution < 1.29 is 24.2 Å². The van der Waals surface area contributed by atoms with Crippen LogP contribution in [0.3, 0.4) is 0 Å². The second-order valence-corrected chi connectivity index (χ2v) is 3.26. The van der Waals surface area contributed by atoms with E-state index < -0.39 is 24.5 Å². The van der Waals surface area contributed by atoms with Crippen molar-refractivity contribution in [2.75, 3.05) is 12.3 Å². The highest BCUT2D eigenvalue weighted by molar-refractivity contribution is 5.95. The summed E-state index contributed by atoms with van der Waals surface area (Å²) in [5.41, 5.74) is 10.3. The van der Waals surface area contributed by atoms with Crippen molar-refractivity contribution in [2.24, 2.45) is 5.73 Å². The molecule has 18 heavy (non-hydrogen) atoms. The van der Waals surface area contributed by atoms with Gasteiger partial charge >= 0.3 is 12.0 Å². The summed E-state index contributed by atoms with van der Waals surface area (Å²) < 4.78 is 4.96. The van der Waals surface area contributed by atoms with E-state index in [4.69, 9.17) is 21.3 Å². The molecule has 96 valence electrons. The first-order chi connectivity index (χ1) is 8.40. The van der Waals surface area contributed by atoms with Gasteiger partial charge in [-0.15, -0.1) is 0 Å². The zero-order chi connectivity index (χ0) is 13.7. The van der Waals surface area contributed by atoms with E-state index in [1.807, 2.05) is 0 Å². The number of carbonyl (C=O) groups is 3. The van der Waals surface area contributed by atoms with Gasteiger partial charge in [-0.1, -0.05) is 0 Å². The molecule has 0 atom stereocenters. The third-order valence-electron chi connectivity index (χ3n) is 1.86. The maximum absolute atomic E-state index is 11.1. The molecule has 0 spiro atoms. The first kappa shape index (κ1) is 13.3. The monoisotopic (exact) mass is 253 g/mol. The number of hydrogen-bond donors (Lipinski definition) is 4. The molecule has 8 nitrogen and oxygen atoms in total. The van der Waals surface area contributed by atoms with E-state index in [-0.39, 0.29) is 17.0 Å². The molecule has 1 aromatic carbocycles. The van der Waals surface area contributed by atoms with Crippen LogP contribution in [0.1, 0.15) is 10.4 Å². The molecule has 0 aliphatic rings. The summed E-state index contributed by atoms with van der Waals surface area (Å²) in [4.78, 5) is 32.3. The summed E-state index contributed by atoms with van der Waals surface area (Å²) in [6.45, 7) is -0.549. The van der Waals surface area contributed by atoms with E-state index in [2.05, 4.69) is 0 Å². The molecule has 8 heteroatoms. The van der Waals surface area contributed by atoms with E-state index in [9.17, 15) is 14.4 Å².